The topological polar surface area (TPSA) is 142 Å². The van der Waals surface area contributed by atoms with E-state index in [1.165, 1.54) is 0 Å². The van der Waals surface area contributed by atoms with Crippen LogP contribution in [0.4, 0.5) is 0 Å². The van der Waals surface area contributed by atoms with Crippen molar-refractivity contribution in [3.8, 4) is 0 Å². The van der Waals surface area contributed by atoms with Gasteiger partial charge in [-0.1, -0.05) is 12.1 Å². The number of imide groups is 2. The Morgan fingerprint density at radius 3 is 2.68 bits per heavy atom. The van der Waals surface area contributed by atoms with E-state index in [2.05, 4.69) is 16.0 Å². The number of nitrogens with zero attached hydrogens (tertiary/aromatic N) is 1. The van der Waals surface area contributed by atoms with E-state index in [-0.39, 0.29) is 36.3 Å². The molecular weight excluding hydrogens is 424 g/mol. The normalized spacial score (nSPS) is 25.5. The number of amides is 4. The smallest absolute Gasteiger partial charge is 0.262 e. The summed E-state index contributed by atoms with van der Waals surface area (Å²) >= 11 is 0. The van der Waals surface area contributed by atoms with Crippen LogP contribution in [-0.2, 0) is 26.0 Å². The van der Waals surface area contributed by atoms with E-state index in [0.717, 1.165) is 4.90 Å². The highest BCUT2D eigenvalue weighted by molar-refractivity contribution is 7.92. The van der Waals surface area contributed by atoms with Gasteiger partial charge in [0.15, 0.2) is 9.84 Å². The van der Waals surface area contributed by atoms with Gasteiger partial charge in [0, 0.05) is 26.1 Å². The van der Waals surface area contributed by atoms with E-state index < -0.39 is 44.8 Å². The Labute approximate surface area is 179 Å². The number of sulfone groups is 1. The van der Waals surface area contributed by atoms with Gasteiger partial charge in [-0.25, -0.2) is 8.42 Å². The molecule has 1 aromatic rings. The molecule has 3 heterocycles. The third kappa shape index (κ3) is 4.12. The minimum Gasteiger partial charge on any atom is -0.314 e. The number of benzene rings is 1. The van der Waals surface area contributed by atoms with E-state index >= 15 is 0 Å². The quantitative estimate of drug-likeness (QED) is 0.370. The third-order valence-corrected chi connectivity index (χ3v) is 8.15. The van der Waals surface area contributed by atoms with Gasteiger partial charge in [0.05, 0.1) is 22.1 Å². The number of fused-ring (bicyclic) bond motifs is 1. The molecule has 3 aliphatic heterocycles. The molecule has 2 saturated heterocycles. The van der Waals surface area contributed by atoms with Crippen molar-refractivity contribution in [2.45, 2.75) is 37.1 Å². The zero-order chi connectivity index (χ0) is 22.2. The molecule has 0 aromatic heterocycles. The molecule has 3 aliphatic rings. The van der Waals surface area contributed by atoms with Crippen LogP contribution in [0.5, 0.6) is 0 Å². The Hall–Kier alpha value is -2.63. The highest BCUT2D eigenvalue weighted by Crippen LogP contribution is 2.29. The summed E-state index contributed by atoms with van der Waals surface area (Å²) in [6.45, 7) is 1.63. The third-order valence-electron chi connectivity index (χ3n) is 5.96. The summed E-state index contributed by atoms with van der Waals surface area (Å²) in [4.78, 5) is 50.4. The summed E-state index contributed by atoms with van der Waals surface area (Å²) < 4.78 is 24.2. The van der Waals surface area contributed by atoms with Crippen molar-refractivity contribution in [1.29, 1.82) is 0 Å². The first-order valence-corrected chi connectivity index (χ1v) is 12.0. The molecular formula is C20H24N4O6S. The van der Waals surface area contributed by atoms with Crippen LogP contribution in [0.25, 0.3) is 0 Å². The molecule has 0 spiro atoms. The molecule has 11 heteroatoms. The summed E-state index contributed by atoms with van der Waals surface area (Å²) in [7, 11) is -3.09. The van der Waals surface area contributed by atoms with Gasteiger partial charge < -0.3 is 10.6 Å². The monoisotopic (exact) mass is 448 g/mol. The Balaban J connectivity index is 1.44. The average molecular weight is 449 g/mol. The minimum absolute atomic E-state index is 0.0666. The standard InChI is InChI=1S/C20H24N4O6S/c25-16-5-4-15(18(26)23-16)24-19(27)14-3-1-2-12(17(14)20(24)28)10-21-7-6-13-11-22-8-9-31(13,29)30/h1-3,13,15,21-22H,4-11H2,(H,23,25,26). The van der Waals surface area contributed by atoms with E-state index in [4.69, 9.17) is 0 Å². The Morgan fingerprint density at radius 1 is 1.13 bits per heavy atom. The maximum Gasteiger partial charge on any atom is 0.262 e. The molecule has 0 bridgehead atoms. The lowest BCUT2D eigenvalue weighted by molar-refractivity contribution is -0.136. The number of hydrogen-bond acceptors (Lipinski definition) is 8. The summed E-state index contributed by atoms with van der Waals surface area (Å²) in [5.41, 5.74) is 1.08. The van der Waals surface area contributed by atoms with Crippen molar-refractivity contribution >= 4 is 33.5 Å². The van der Waals surface area contributed by atoms with Gasteiger partial charge in [0.25, 0.3) is 11.8 Å². The van der Waals surface area contributed by atoms with E-state index in [1.54, 1.807) is 18.2 Å². The Kier molecular flexibility index (Phi) is 5.91. The molecule has 31 heavy (non-hydrogen) atoms. The van der Waals surface area contributed by atoms with Gasteiger partial charge in [-0.2, -0.15) is 0 Å². The molecule has 3 N–H and O–H groups in total. The Bertz CT molecular complexity index is 1050. The molecule has 2 fully saturated rings. The molecule has 4 rings (SSSR count). The second-order valence-electron chi connectivity index (χ2n) is 7.95. The minimum atomic E-state index is -3.09. The lowest BCUT2D eigenvalue weighted by Gasteiger charge is -2.27. The number of hydrogen-bond donors (Lipinski definition) is 3. The highest BCUT2D eigenvalue weighted by Gasteiger charge is 2.45. The van der Waals surface area contributed by atoms with Crippen LogP contribution in [0.3, 0.4) is 0 Å². The van der Waals surface area contributed by atoms with Crippen LogP contribution in [0.1, 0.15) is 45.5 Å². The van der Waals surface area contributed by atoms with Crippen LogP contribution in [0.2, 0.25) is 0 Å². The number of piperidine rings is 1. The number of rotatable bonds is 6. The van der Waals surface area contributed by atoms with Gasteiger partial charge in [0.1, 0.15) is 6.04 Å². The van der Waals surface area contributed by atoms with Crippen LogP contribution >= 0.6 is 0 Å². The maximum absolute atomic E-state index is 13.0. The predicted octanol–water partition coefficient (Wildman–Crippen LogP) is -1.05. The molecule has 0 radical (unpaired) electrons. The molecule has 4 amide bonds. The molecule has 10 nitrogen and oxygen atoms in total. The predicted molar refractivity (Wildman–Crippen MR) is 110 cm³/mol. The first-order chi connectivity index (χ1) is 14.8. The van der Waals surface area contributed by atoms with Crippen molar-refractivity contribution < 1.29 is 27.6 Å². The molecule has 0 saturated carbocycles. The first-order valence-electron chi connectivity index (χ1n) is 10.3. The fourth-order valence-corrected chi connectivity index (χ4v) is 5.88. The van der Waals surface area contributed by atoms with Crippen molar-refractivity contribution in [3.05, 3.63) is 34.9 Å². The van der Waals surface area contributed by atoms with E-state index in [1.807, 2.05) is 0 Å². The maximum atomic E-state index is 13.0. The number of nitrogens with one attached hydrogen (secondary N) is 3. The zero-order valence-electron chi connectivity index (χ0n) is 16.8. The fraction of sp³-hybridized carbons (Fsp3) is 0.500. The SMILES string of the molecule is O=C1CCC(N2C(=O)c3cccc(CNCCC4CNCCS4(=O)=O)c3C2=O)C(=O)N1. The molecule has 2 atom stereocenters. The van der Waals surface area contributed by atoms with Crippen molar-refractivity contribution in [1.82, 2.24) is 20.9 Å². The summed E-state index contributed by atoms with van der Waals surface area (Å²) in [6.07, 6.45) is 0.615. The van der Waals surface area contributed by atoms with Gasteiger partial charge in [-0.3, -0.25) is 29.4 Å². The summed E-state index contributed by atoms with van der Waals surface area (Å²) in [5.74, 6) is -2.02. The van der Waals surface area contributed by atoms with E-state index in [0.29, 0.717) is 31.6 Å². The zero-order valence-corrected chi connectivity index (χ0v) is 17.7. The van der Waals surface area contributed by atoms with Crippen LogP contribution < -0.4 is 16.0 Å². The molecule has 2 unspecified atom stereocenters. The number of carbonyl (C=O) groups excluding carboxylic acids is 4. The average Bonchev–Trinajstić information content (AvgIpc) is 2.97. The first kappa shape index (κ1) is 21.6. The van der Waals surface area contributed by atoms with Gasteiger partial charge >= 0.3 is 0 Å². The molecule has 166 valence electrons. The second-order valence-corrected chi connectivity index (χ2v) is 10.3. The van der Waals surface area contributed by atoms with Crippen LogP contribution in [0, 0.1) is 0 Å². The number of carbonyl (C=O) groups is 4. The highest BCUT2D eigenvalue weighted by atomic mass is 32.2. The van der Waals surface area contributed by atoms with E-state index in [9.17, 15) is 27.6 Å². The lowest BCUT2D eigenvalue weighted by atomic mass is 10.0. The van der Waals surface area contributed by atoms with Crippen LogP contribution in [0.15, 0.2) is 18.2 Å². The Morgan fingerprint density at radius 2 is 1.94 bits per heavy atom. The molecule has 0 aliphatic carbocycles. The fourth-order valence-electron chi connectivity index (χ4n) is 4.27. The lowest BCUT2D eigenvalue weighted by Crippen LogP contribution is -2.54. The van der Waals surface area contributed by atoms with Gasteiger partial charge in [-0.15, -0.1) is 0 Å². The largest absolute Gasteiger partial charge is 0.314 e. The van der Waals surface area contributed by atoms with Gasteiger partial charge in [-0.05, 0) is 31.0 Å². The van der Waals surface area contributed by atoms with Crippen molar-refractivity contribution in [2.75, 3.05) is 25.4 Å². The van der Waals surface area contributed by atoms with Crippen molar-refractivity contribution in [2.24, 2.45) is 0 Å². The van der Waals surface area contributed by atoms with Gasteiger partial charge in [0.2, 0.25) is 11.8 Å². The van der Waals surface area contributed by atoms with Crippen molar-refractivity contribution in [3.63, 3.8) is 0 Å². The second kappa shape index (κ2) is 8.48. The molecule has 1 aromatic carbocycles. The summed E-state index contributed by atoms with van der Waals surface area (Å²) in [5, 5.41) is 7.99. The summed E-state index contributed by atoms with van der Waals surface area (Å²) in [6, 6.07) is 3.94. The van der Waals surface area contributed by atoms with Crippen LogP contribution in [-0.4, -0.2) is 73.6 Å².